The van der Waals surface area contributed by atoms with E-state index in [4.69, 9.17) is 0 Å². The summed E-state index contributed by atoms with van der Waals surface area (Å²) < 4.78 is 38.3. The predicted molar refractivity (Wildman–Crippen MR) is 51.8 cm³/mol. The first-order valence-corrected chi connectivity index (χ1v) is 4.67. The number of benzene rings is 1. The molecule has 2 N–H and O–H groups in total. The molecule has 0 saturated carbocycles. The van der Waals surface area contributed by atoms with E-state index in [9.17, 15) is 18.3 Å². The van der Waals surface area contributed by atoms with Crippen molar-refractivity contribution in [3.05, 3.63) is 29.8 Å². The average molecular weight is 235 g/mol. The average Bonchev–Trinajstić information content (AvgIpc) is 2.18. The van der Waals surface area contributed by atoms with Crippen LogP contribution in [0.1, 0.15) is 5.56 Å². The Hall–Kier alpha value is -1.27. The van der Waals surface area contributed by atoms with Crippen molar-refractivity contribution in [1.82, 2.24) is 5.32 Å². The first-order valence-electron chi connectivity index (χ1n) is 4.67. The first-order chi connectivity index (χ1) is 7.49. The van der Waals surface area contributed by atoms with Gasteiger partial charge in [-0.05, 0) is 6.07 Å². The molecule has 0 atom stereocenters. The van der Waals surface area contributed by atoms with Crippen molar-refractivity contribution >= 4 is 0 Å². The highest BCUT2D eigenvalue weighted by Gasteiger charge is 2.28. The van der Waals surface area contributed by atoms with Gasteiger partial charge in [-0.15, -0.1) is 13.2 Å². The lowest BCUT2D eigenvalue weighted by Gasteiger charge is -2.08. The monoisotopic (exact) mass is 235 g/mol. The number of rotatable bonds is 5. The molecule has 0 radical (unpaired) electrons. The quantitative estimate of drug-likeness (QED) is 0.767. The summed E-state index contributed by atoms with van der Waals surface area (Å²) in [7, 11) is 0. The molecule has 0 bridgehead atoms. The van der Waals surface area contributed by atoms with Crippen molar-refractivity contribution in [3.63, 3.8) is 0 Å². The van der Waals surface area contributed by atoms with E-state index in [2.05, 4.69) is 10.1 Å². The first kappa shape index (κ1) is 12.8. The minimum absolute atomic E-state index is 0.0633. The molecule has 1 aromatic rings. The van der Waals surface area contributed by atoms with Crippen LogP contribution in [0, 0.1) is 0 Å². The van der Waals surface area contributed by atoms with Crippen LogP contribution in [0.15, 0.2) is 24.3 Å². The van der Waals surface area contributed by atoms with Crippen molar-refractivity contribution < 1.29 is 23.0 Å². The molecule has 3 nitrogen and oxygen atoms in total. The summed E-state index contributed by atoms with van der Waals surface area (Å²) in [6, 6.07) is 6.62. The number of aromatic hydroxyl groups is 1. The van der Waals surface area contributed by atoms with Crippen LogP contribution < -0.4 is 5.32 Å². The molecule has 0 saturated heterocycles. The molecule has 0 aliphatic carbocycles. The van der Waals surface area contributed by atoms with Gasteiger partial charge in [-0.25, -0.2) is 0 Å². The van der Waals surface area contributed by atoms with Crippen molar-refractivity contribution in [2.75, 3.05) is 13.2 Å². The number of phenolic OH excluding ortho intramolecular Hbond substituents is 1. The maximum Gasteiger partial charge on any atom is 0.522 e. The normalized spacial score (nSPS) is 11.7. The summed E-state index contributed by atoms with van der Waals surface area (Å²) in [6.45, 7) is -0.0845. The number of nitrogens with one attached hydrogen (secondary N) is 1. The van der Waals surface area contributed by atoms with Crippen LogP contribution in [0.2, 0.25) is 0 Å². The molecule has 90 valence electrons. The van der Waals surface area contributed by atoms with Crippen molar-refractivity contribution in [3.8, 4) is 5.75 Å². The minimum atomic E-state index is -4.59. The number of phenols is 1. The van der Waals surface area contributed by atoms with Crippen LogP contribution >= 0.6 is 0 Å². The van der Waals surface area contributed by atoms with Crippen LogP contribution in [0.3, 0.4) is 0 Å². The van der Waals surface area contributed by atoms with Crippen LogP contribution in [-0.4, -0.2) is 24.6 Å². The lowest BCUT2D eigenvalue weighted by Crippen LogP contribution is -2.23. The number of hydrogen-bond donors (Lipinski definition) is 2. The molecule has 1 rings (SSSR count). The third-order valence-electron chi connectivity index (χ3n) is 1.85. The number of para-hydroxylation sites is 1. The van der Waals surface area contributed by atoms with Gasteiger partial charge in [0.15, 0.2) is 0 Å². The van der Waals surface area contributed by atoms with Crippen LogP contribution in [0.25, 0.3) is 0 Å². The Morgan fingerprint density at radius 3 is 2.56 bits per heavy atom. The zero-order chi connectivity index (χ0) is 12.0. The van der Waals surface area contributed by atoms with Crippen molar-refractivity contribution in [1.29, 1.82) is 0 Å². The summed E-state index contributed by atoms with van der Waals surface area (Å²) in [4.78, 5) is 0. The van der Waals surface area contributed by atoms with Crippen LogP contribution in [0.4, 0.5) is 13.2 Å². The van der Waals surface area contributed by atoms with E-state index in [0.717, 1.165) is 0 Å². The highest BCUT2D eigenvalue weighted by atomic mass is 19.4. The molecule has 0 amide bonds. The van der Waals surface area contributed by atoms with E-state index in [1.807, 2.05) is 0 Å². The fourth-order valence-electron chi connectivity index (χ4n) is 1.12. The highest BCUT2D eigenvalue weighted by molar-refractivity contribution is 5.31. The molecule has 0 aliphatic heterocycles. The number of halogens is 3. The largest absolute Gasteiger partial charge is 0.522 e. The summed E-state index contributed by atoms with van der Waals surface area (Å²) >= 11 is 0. The van der Waals surface area contributed by atoms with Gasteiger partial charge in [0.2, 0.25) is 0 Å². The van der Waals surface area contributed by atoms with Gasteiger partial charge < -0.3 is 10.4 Å². The van der Waals surface area contributed by atoms with Crippen LogP contribution in [-0.2, 0) is 11.3 Å². The SMILES string of the molecule is Oc1ccccc1CNCCOC(F)(F)F. The molecule has 0 heterocycles. The number of ether oxygens (including phenoxy) is 1. The molecule has 0 unspecified atom stereocenters. The van der Waals surface area contributed by atoms with Gasteiger partial charge in [-0.1, -0.05) is 18.2 Å². The molecule has 0 aromatic heterocycles. The number of alkyl halides is 3. The molecule has 1 aromatic carbocycles. The summed E-state index contributed by atoms with van der Waals surface area (Å²) in [5.74, 6) is 0.117. The summed E-state index contributed by atoms with van der Waals surface area (Å²) in [5, 5.41) is 12.1. The van der Waals surface area contributed by atoms with Gasteiger partial charge in [0.1, 0.15) is 5.75 Å². The van der Waals surface area contributed by atoms with Gasteiger partial charge in [0.05, 0.1) is 6.61 Å². The maximum atomic E-state index is 11.6. The van der Waals surface area contributed by atoms with Gasteiger partial charge >= 0.3 is 6.36 Å². The van der Waals surface area contributed by atoms with Crippen molar-refractivity contribution in [2.45, 2.75) is 12.9 Å². The maximum absolute atomic E-state index is 11.6. The molecule has 16 heavy (non-hydrogen) atoms. The summed E-state index contributed by atoms with van der Waals surface area (Å²) in [6.07, 6.45) is -4.59. The van der Waals surface area contributed by atoms with Gasteiger partial charge in [-0.3, -0.25) is 4.74 Å². The highest BCUT2D eigenvalue weighted by Crippen LogP contribution is 2.16. The second kappa shape index (κ2) is 5.72. The van der Waals surface area contributed by atoms with Gasteiger partial charge in [-0.2, -0.15) is 0 Å². The smallest absolute Gasteiger partial charge is 0.508 e. The standard InChI is InChI=1S/C10H12F3NO2/c11-10(12,13)16-6-5-14-7-8-3-1-2-4-9(8)15/h1-4,14-15H,5-7H2. The van der Waals surface area contributed by atoms with E-state index in [0.29, 0.717) is 12.1 Å². The molecule has 0 aliphatic rings. The number of hydrogen-bond acceptors (Lipinski definition) is 3. The Morgan fingerprint density at radius 1 is 1.25 bits per heavy atom. The fourth-order valence-corrected chi connectivity index (χ4v) is 1.12. The van der Waals surface area contributed by atoms with Gasteiger partial charge in [0, 0.05) is 18.7 Å². The Balaban J connectivity index is 2.19. The minimum Gasteiger partial charge on any atom is -0.508 e. The van der Waals surface area contributed by atoms with Crippen LogP contribution in [0.5, 0.6) is 5.75 Å². The Kier molecular flexibility index (Phi) is 4.57. The fraction of sp³-hybridized carbons (Fsp3) is 0.400. The molecule has 6 heteroatoms. The Morgan fingerprint density at radius 2 is 1.94 bits per heavy atom. The second-order valence-corrected chi connectivity index (χ2v) is 3.10. The van der Waals surface area contributed by atoms with Crippen molar-refractivity contribution in [2.24, 2.45) is 0 Å². The predicted octanol–water partition coefficient (Wildman–Crippen LogP) is 2.02. The van der Waals surface area contributed by atoms with E-state index < -0.39 is 13.0 Å². The molecule has 0 spiro atoms. The molecular weight excluding hydrogens is 223 g/mol. The zero-order valence-corrected chi connectivity index (χ0v) is 8.42. The zero-order valence-electron chi connectivity index (χ0n) is 8.42. The van der Waals surface area contributed by atoms with E-state index >= 15 is 0 Å². The van der Waals surface area contributed by atoms with Gasteiger partial charge in [0.25, 0.3) is 0 Å². The van der Waals surface area contributed by atoms with E-state index in [1.54, 1.807) is 18.2 Å². The lowest BCUT2D eigenvalue weighted by molar-refractivity contribution is -0.323. The van der Waals surface area contributed by atoms with E-state index in [-0.39, 0.29) is 12.3 Å². The Labute approximate surface area is 90.8 Å². The molecule has 0 fully saturated rings. The molecular formula is C10H12F3NO2. The second-order valence-electron chi connectivity index (χ2n) is 3.10. The third kappa shape index (κ3) is 4.99. The van der Waals surface area contributed by atoms with E-state index in [1.165, 1.54) is 6.07 Å². The third-order valence-corrected chi connectivity index (χ3v) is 1.85. The summed E-state index contributed by atoms with van der Waals surface area (Å²) in [5.41, 5.74) is 0.634. The lowest BCUT2D eigenvalue weighted by atomic mass is 10.2. The topological polar surface area (TPSA) is 41.5 Å². The Bertz CT molecular complexity index is 328.